The van der Waals surface area contributed by atoms with Crippen molar-refractivity contribution in [3.8, 4) is 0 Å². The van der Waals surface area contributed by atoms with E-state index in [-0.39, 0.29) is 19.3 Å². The first-order valence-electron chi connectivity index (χ1n) is 52.1. The van der Waals surface area contributed by atoms with Crippen LogP contribution in [-0.2, 0) is 55.8 Å². The topological polar surface area (TPSA) is 231 Å². The van der Waals surface area contributed by atoms with E-state index in [0.717, 1.165) is 135 Å². The fourth-order valence-corrected chi connectivity index (χ4v) is 16.2. The molecule has 0 aliphatic carbocycles. The van der Waals surface area contributed by atoms with E-state index in [1.807, 2.05) is 0 Å². The molecule has 0 aliphatic heterocycles. The Labute approximate surface area is 778 Å². The quantitative estimate of drug-likeness (QED) is 0.0146. The molecule has 0 saturated carbocycles. The molecule has 0 aromatic heterocycles. The number of rotatable bonds is 99. The molecule has 0 amide bonds. The molecule has 0 aliphatic rings. The number of aliphatic hydroxyl groups excluding tert-OH is 2. The number of allylic oxidation sites excluding steroid dienone is 24. The van der Waals surface area contributed by atoms with E-state index < -0.39 is 91.5 Å². The lowest BCUT2D eigenvalue weighted by Crippen LogP contribution is -2.30. The Morgan fingerprint density at radius 1 is 0.220 bits per heavy atom. The largest absolute Gasteiger partial charge is 0.472 e. The summed E-state index contributed by atoms with van der Waals surface area (Å²) in [6.07, 6.45) is 129. The predicted molar refractivity (Wildman–Crippen MR) is 537 cm³/mol. The van der Waals surface area contributed by atoms with E-state index in [2.05, 4.69) is 167 Å². The number of carbonyl (C=O) groups is 3. The second kappa shape index (κ2) is 100. The van der Waals surface area contributed by atoms with Gasteiger partial charge in [-0.15, -0.1) is 0 Å². The number of aliphatic hydroxyl groups is 2. The van der Waals surface area contributed by atoms with Gasteiger partial charge in [-0.1, -0.05) is 443 Å². The van der Waals surface area contributed by atoms with Gasteiger partial charge in [-0.05, 0) is 154 Å². The standard InChI is InChI=1S/C109H192O16P2/c1-4-7-10-13-16-19-22-25-28-31-34-37-40-43-46-48-49-50-51-52-53-55-58-59-62-65-68-71-74-77-80-83-86-89-92-95-107(112)119-98-104(110)99-121-126(115,116)122-100-105(111)101-123-127(117,118)124-103-106(125-109(114)97-94-91-88-85-82-79-76-73-70-67-64-61-56-45-42-39-36-33-30-27-24-21-18-15-12-9-6-3)102-120-108(113)96-93-90-87-84-81-78-75-72-69-66-63-60-57-54-47-44-41-38-35-32-29-26-23-20-17-14-11-8-5-2/h16-21,25-30,34-39,43-47,56,104-106,110-111H,4-15,22-24,31-33,40-42,48-55,57-103H2,1-3H3,(H,115,116)(H,117,118)/b19-16-,20-17-,21-18-,28-25-,29-26-,30-27-,37-34-,38-35-,39-36-,46-43-,47-44-,56-45-. The maximum absolute atomic E-state index is 13.1. The van der Waals surface area contributed by atoms with Gasteiger partial charge in [0.25, 0.3) is 0 Å². The normalized spacial score (nSPS) is 14.2. The Morgan fingerprint density at radius 3 is 0.622 bits per heavy atom. The van der Waals surface area contributed by atoms with Gasteiger partial charge in [0.05, 0.1) is 26.4 Å². The van der Waals surface area contributed by atoms with Crippen molar-refractivity contribution < 1.29 is 75.8 Å². The van der Waals surface area contributed by atoms with E-state index >= 15 is 0 Å². The van der Waals surface area contributed by atoms with Crippen LogP contribution in [0.4, 0.5) is 0 Å². The third-order valence-corrected chi connectivity index (χ3v) is 24.4. The summed E-state index contributed by atoms with van der Waals surface area (Å²) in [5.41, 5.74) is 0. The van der Waals surface area contributed by atoms with Gasteiger partial charge in [-0.2, -0.15) is 0 Å². The van der Waals surface area contributed by atoms with Gasteiger partial charge in [-0.3, -0.25) is 32.5 Å². The monoisotopic (exact) mass is 1820 g/mol. The van der Waals surface area contributed by atoms with E-state index in [9.17, 15) is 43.5 Å². The Kier molecular flexibility index (Phi) is 96.8. The van der Waals surface area contributed by atoms with Crippen LogP contribution in [0.5, 0.6) is 0 Å². The third-order valence-electron chi connectivity index (χ3n) is 22.5. The summed E-state index contributed by atoms with van der Waals surface area (Å²) >= 11 is 0. The van der Waals surface area contributed by atoms with Gasteiger partial charge in [0.15, 0.2) is 6.10 Å². The molecule has 4 N–H and O–H groups in total. The number of carbonyl (C=O) groups excluding carboxylic acids is 3. The highest BCUT2D eigenvalue weighted by Crippen LogP contribution is 2.45. The van der Waals surface area contributed by atoms with Crippen molar-refractivity contribution in [1.82, 2.24) is 0 Å². The Morgan fingerprint density at radius 2 is 0.394 bits per heavy atom. The second-order valence-corrected chi connectivity index (χ2v) is 37.9. The lowest BCUT2D eigenvalue weighted by atomic mass is 10.0. The highest BCUT2D eigenvalue weighted by Gasteiger charge is 2.30. The van der Waals surface area contributed by atoms with Gasteiger partial charge in [0, 0.05) is 19.3 Å². The fourth-order valence-electron chi connectivity index (χ4n) is 14.6. The lowest BCUT2D eigenvalue weighted by Gasteiger charge is -2.21. The molecule has 734 valence electrons. The van der Waals surface area contributed by atoms with Crippen LogP contribution >= 0.6 is 15.6 Å². The van der Waals surface area contributed by atoms with Crippen molar-refractivity contribution in [1.29, 1.82) is 0 Å². The van der Waals surface area contributed by atoms with Gasteiger partial charge >= 0.3 is 33.6 Å². The summed E-state index contributed by atoms with van der Waals surface area (Å²) in [7, 11) is -9.82. The molecule has 0 heterocycles. The van der Waals surface area contributed by atoms with Crippen molar-refractivity contribution in [2.24, 2.45) is 0 Å². The van der Waals surface area contributed by atoms with Gasteiger partial charge < -0.3 is 34.2 Å². The minimum absolute atomic E-state index is 0.0992. The number of hydrogen-bond acceptors (Lipinski definition) is 14. The van der Waals surface area contributed by atoms with Crippen molar-refractivity contribution in [3.63, 3.8) is 0 Å². The molecule has 0 saturated heterocycles. The number of hydrogen-bond donors (Lipinski definition) is 4. The number of esters is 3. The first kappa shape index (κ1) is 122. The molecule has 127 heavy (non-hydrogen) atoms. The van der Waals surface area contributed by atoms with Crippen LogP contribution in [0.25, 0.3) is 0 Å². The van der Waals surface area contributed by atoms with Gasteiger partial charge in [0.2, 0.25) is 0 Å². The van der Waals surface area contributed by atoms with Crippen LogP contribution < -0.4 is 0 Å². The zero-order valence-corrected chi connectivity index (χ0v) is 83.2. The van der Waals surface area contributed by atoms with Crippen LogP contribution in [0.2, 0.25) is 0 Å². The molecule has 0 rings (SSSR count). The summed E-state index contributed by atoms with van der Waals surface area (Å²) in [5, 5.41) is 20.8. The summed E-state index contributed by atoms with van der Waals surface area (Å²) < 4.78 is 61.7. The number of phosphoric ester groups is 2. The van der Waals surface area contributed by atoms with Crippen LogP contribution in [0.3, 0.4) is 0 Å². The minimum Gasteiger partial charge on any atom is -0.463 e. The molecule has 0 aromatic carbocycles. The highest BCUT2D eigenvalue weighted by atomic mass is 31.2. The van der Waals surface area contributed by atoms with Crippen molar-refractivity contribution in [3.05, 3.63) is 146 Å². The molecule has 0 radical (unpaired) electrons. The van der Waals surface area contributed by atoms with E-state index in [1.165, 1.54) is 276 Å². The summed E-state index contributed by atoms with van der Waals surface area (Å²) in [6, 6.07) is 0. The summed E-state index contributed by atoms with van der Waals surface area (Å²) in [4.78, 5) is 59.2. The number of ether oxygens (including phenoxy) is 3. The molecule has 18 heteroatoms. The maximum Gasteiger partial charge on any atom is 0.472 e. The zero-order valence-electron chi connectivity index (χ0n) is 81.4. The van der Waals surface area contributed by atoms with Crippen LogP contribution in [0.1, 0.15) is 470 Å². The first-order chi connectivity index (χ1) is 62.2. The zero-order chi connectivity index (χ0) is 92.1. The van der Waals surface area contributed by atoms with Crippen LogP contribution in [0.15, 0.2) is 146 Å². The average molecular weight is 1820 g/mol. The Balaban J connectivity index is 4.57. The first-order valence-corrected chi connectivity index (χ1v) is 55.1. The Hall–Kier alpha value is -4.57. The average Bonchev–Trinajstić information content (AvgIpc) is 0.898. The minimum atomic E-state index is -4.95. The SMILES string of the molecule is CCCCC/C=C\C/C=C\C/C=C\C/C=C\CCCCCCCCCCCCCCCCCCCCCC(=O)OCC(O)COP(=O)(O)OCC(O)COP(=O)(O)OCC(COC(=O)CCCCCCCCCCCCCCC/C=C\C/C=C\C/C=C\C/C=C\CCCCC)OC(=O)CCCCCCCCCCCCC/C=C\C/C=C\C/C=C\C/C=C\CCCCC. The summed E-state index contributed by atoms with van der Waals surface area (Å²) in [5.74, 6) is -1.56. The molecule has 16 nitrogen and oxygen atoms in total. The molecule has 0 fully saturated rings. The van der Waals surface area contributed by atoms with Gasteiger partial charge in [0.1, 0.15) is 25.4 Å². The molecular formula is C109H192O16P2. The molecule has 5 atom stereocenters. The predicted octanol–water partition coefficient (Wildman–Crippen LogP) is 33.0. The number of unbranched alkanes of at least 4 members (excludes halogenated alkanes) is 52. The molecule has 0 bridgehead atoms. The Bertz CT molecular complexity index is 2890. The van der Waals surface area contributed by atoms with Crippen LogP contribution in [-0.4, -0.2) is 95.9 Å². The molecule has 5 unspecified atom stereocenters. The lowest BCUT2D eigenvalue weighted by molar-refractivity contribution is -0.161. The van der Waals surface area contributed by atoms with E-state index in [4.69, 9.17) is 32.3 Å². The van der Waals surface area contributed by atoms with E-state index in [0.29, 0.717) is 19.3 Å². The van der Waals surface area contributed by atoms with Crippen molar-refractivity contribution >= 4 is 33.6 Å². The van der Waals surface area contributed by atoms with Crippen molar-refractivity contribution in [2.45, 2.75) is 489 Å². The van der Waals surface area contributed by atoms with Crippen molar-refractivity contribution in [2.75, 3.05) is 39.6 Å². The molecule has 0 spiro atoms. The molecular weight excluding hydrogens is 1630 g/mol. The number of phosphoric acid groups is 2. The maximum atomic E-state index is 13.1. The second-order valence-electron chi connectivity index (χ2n) is 35.0. The summed E-state index contributed by atoms with van der Waals surface area (Å²) in [6.45, 7) is 2.68. The third kappa shape index (κ3) is 102. The van der Waals surface area contributed by atoms with Gasteiger partial charge in [-0.25, -0.2) is 9.13 Å². The molecule has 0 aromatic rings. The van der Waals surface area contributed by atoms with Crippen LogP contribution in [0, 0.1) is 0 Å². The van der Waals surface area contributed by atoms with E-state index in [1.54, 1.807) is 0 Å². The highest BCUT2D eigenvalue weighted by molar-refractivity contribution is 7.47. The smallest absolute Gasteiger partial charge is 0.463 e. The fraction of sp³-hybridized carbons (Fsp3) is 0.752.